The molecule has 2 unspecified atom stereocenters. The highest BCUT2D eigenvalue weighted by Gasteiger charge is 2.20. The van der Waals surface area contributed by atoms with Gasteiger partial charge in [0.1, 0.15) is 5.75 Å². The minimum atomic E-state index is -0.222. The molecule has 0 spiro atoms. The molecule has 0 saturated carbocycles. The predicted molar refractivity (Wildman–Crippen MR) is 144 cm³/mol. The highest BCUT2D eigenvalue weighted by Crippen LogP contribution is 2.38. The maximum Gasteiger partial charge on any atom is 0.291 e. The molecular weight excluding hydrogens is 492 g/mol. The Kier molecular flexibility index (Phi) is 8.30. The van der Waals surface area contributed by atoms with Gasteiger partial charge >= 0.3 is 0 Å². The van der Waals surface area contributed by atoms with Crippen LogP contribution in [0.2, 0.25) is 0 Å². The van der Waals surface area contributed by atoms with Crippen LogP contribution in [0.5, 0.6) is 23.0 Å². The Morgan fingerprint density at radius 3 is 2.38 bits per heavy atom. The number of benzene rings is 2. The van der Waals surface area contributed by atoms with Gasteiger partial charge in [-0.15, -0.1) is 5.10 Å². The number of hydrogen-bond acceptors (Lipinski definition) is 9. The minimum Gasteiger partial charge on any atom is -0.497 e. The van der Waals surface area contributed by atoms with Gasteiger partial charge in [-0.3, -0.25) is 4.79 Å². The van der Waals surface area contributed by atoms with Crippen LogP contribution in [0.3, 0.4) is 0 Å². The molecule has 2 heterocycles. The van der Waals surface area contributed by atoms with Gasteiger partial charge in [-0.1, -0.05) is 30.4 Å². The normalized spacial score (nSPS) is 13.5. The minimum absolute atomic E-state index is 0.0254. The number of ether oxygens (including phenoxy) is 4. The van der Waals surface area contributed by atoms with Crippen LogP contribution >= 0.6 is 11.3 Å². The molecule has 0 bridgehead atoms. The van der Waals surface area contributed by atoms with E-state index in [1.54, 1.807) is 46.6 Å². The summed E-state index contributed by atoms with van der Waals surface area (Å²) in [6.07, 6.45) is 3.30. The molecule has 10 heteroatoms. The molecule has 2 aromatic carbocycles. The van der Waals surface area contributed by atoms with Crippen molar-refractivity contribution in [3.05, 3.63) is 68.2 Å². The summed E-state index contributed by atoms with van der Waals surface area (Å²) in [6.45, 7) is 4.29. The summed E-state index contributed by atoms with van der Waals surface area (Å²) < 4.78 is 23.5. The van der Waals surface area contributed by atoms with Gasteiger partial charge in [-0.25, -0.2) is 4.98 Å². The first-order chi connectivity index (χ1) is 17.9. The Morgan fingerprint density at radius 1 is 1.05 bits per heavy atom. The second-order valence-corrected chi connectivity index (χ2v) is 9.62. The first-order valence-electron chi connectivity index (χ1n) is 12.0. The topological polar surface area (TPSA) is 96.2 Å². The van der Waals surface area contributed by atoms with Gasteiger partial charge in [0.05, 0.1) is 33.0 Å². The van der Waals surface area contributed by atoms with Crippen molar-refractivity contribution < 1.29 is 18.9 Å². The third kappa shape index (κ3) is 5.70. The highest BCUT2D eigenvalue weighted by atomic mass is 32.1. The number of fused-ring (bicyclic) bond motifs is 1. The Balaban J connectivity index is 1.67. The molecule has 37 heavy (non-hydrogen) atoms. The fourth-order valence-electron chi connectivity index (χ4n) is 4.07. The second kappa shape index (κ2) is 11.6. The maximum absolute atomic E-state index is 13.2. The number of nitrogens with one attached hydrogen (secondary N) is 1. The second-order valence-electron chi connectivity index (χ2n) is 8.61. The largest absolute Gasteiger partial charge is 0.497 e. The van der Waals surface area contributed by atoms with Crippen molar-refractivity contribution in [1.29, 1.82) is 0 Å². The molecule has 0 saturated heterocycles. The molecule has 4 aromatic rings. The summed E-state index contributed by atoms with van der Waals surface area (Å²) in [5.41, 5.74) is 1.60. The Bertz CT molecular complexity index is 1460. The summed E-state index contributed by atoms with van der Waals surface area (Å²) in [5.74, 6) is 2.92. The van der Waals surface area contributed by atoms with Gasteiger partial charge in [-0.2, -0.15) is 4.52 Å². The van der Waals surface area contributed by atoms with Crippen LogP contribution in [0.25, 0.3) is 11.0 Å². The van der Waals surface area contributed by atoms with Gasteiger partial charge in [0, 0.05) is 18.5 Å². The molecule has 0 amide bonds. The van der Waals surface area contributed by atoms with E-state index in [1.807, 2.05) is 18.2 Å². The van der Waals surface area contributed by atoms with Crippen molar-refractivity contribution in [2.75, 3.05) is 28.4 Å². The van der Waals surface area contributed by atoms with E-state index in [0.29, 0.717) is 45.0 Å². The van der Waals surface area contributed by atoms with Crippen LogP contribution in [-0.2, 0) is 6.42 Å². The van der Waals surface area contributed by atoms with Gasteiger partial charge in [0.2, 0.25) is 10.7 Å². The van der Waals surface area contributed by atoms with E-state index in [4.69, 9.17) is 18.9 Å². The zero-order valence-electron chi connectivity index (χ0n) is 21.9. The van der Waals surface area contributed by atoms with Crippen molar-refractivity contribution in [2.24, 2.45) is 0 Å². The molecule has 1 N–H and O–H groups in total. The van der Waals surface area contributed by atoms with Crippen LogP contribution < -0.4 is 34.4 Å². The number of hydrogen-bond donors (Lipinski definition) is 1. The van der Waals surface area contributed by atoms with Crippen molar-refractivity contribution >= 4 is 22.4 Å². The van der Waals surface area contributed by atoms with E-state index in [-0.39, 0.29) is 11.6 Å². The van der Waals surface area contributed by atoms with Gasteiger partial charge in [-0.05, 0) is 54.8 Å². The number of aromatic nitrogens is 3. The highest BCUT2D eigenvalue weighted by molar-refractivity contribution is 7.15. The van der Waals surface area contributed by atoms with Gasteiger partial charge in [0.15, 0.2) is 17.3 Å². The first kappa shape index (κ1) is 26.4. The molecule has 4 rings (SSSR count). The van der Waals surface area contributed by atoms with E-state index in [9.17, 15) is 4.79 Å². The van der Waals surface area contributed by atoms with Gasteiger partial charge < -0.3 is 24.3 Å². The maximum atomic E-state index is 13.2. The lowest BCUT2D eigenvalue weighted by atomic mass is 10.0. The zero-order chi connectivity index (χ0) is 26.5. The molecule has 0 fully saturated rings. The molecule has 2 atom stereocenters. The lowest BCUT2D eigenvalue weighted by Gasteiger charge is -2.22. The van der Waals surface area contributed by atoms with Crippen molar-refractivity contribution in [2.45, 2.75) is 38.8 Å². The number of rotatable bonds is 11. The molecule has 0 aliphatic carbocycles. The van der Waals surface area contributed by atoms with Crippen LogP contribution in [-0.4, -0.2) is 49.1 Å². The molecular formula is C27H32N4O5S. The standard InChI is InChI=1S/C27H32N4O5S/c1-7-16(2)28-20(18-9-8-10-19(14-18)33-3)15-24-29-27-31(30-24)26(32)23(37-27)13-17-11-21(34-4)25(36-6)22(12-17)35-5/h8-14,16,20,28H,7,15H2,1-6H3/b23-13-. The summed E-state index contributed by atoms with van der Waals surface area (Å²) in [7, 11) is 6.32. The number of methoxy groups -OCH3 is 4. The molecule has 2 aromatic heterocycles. The van der Waals surface area contributed by atoms with Crippen LogP contribution in [0.1, 0.15) is 43.3 Å². The third-order valence-electron chi connectivity index (χ3n) is 6.19. The van der Waals surface area contributed by atoms with Crippen molar-refractivity contribution in [3.8, 4) is 23.0 Å². The van der Waals surface area contributed by atoms with Crippen LogP contribution in [0.15, 0.2) is 41.2 Å². The molecule has 9 nitrogen and oxygen atoms in total. The van der Waals surface area contributed by atoms with Crippen LogP contribution in [0, 0.1) is 0 Å². The van der Waals surface area contributed by atoms with E-state index in [1.165, 1.54) is 15.9 Å². The monoisotopic (exact) mass is 524 g/mol. The van der Waals surface area contributed by atoms with E-state index >= 15 is 0 Å². The average molecular weight is 525 g/mol. The Labute approximate surface area is 219 Å². The fourth-order valence-corrected chi connectivity index (χ4v) is 5.00. The van der Waals surface area contributed by atoms with Crippen LogP contribution in [0.4, 0.5) is 0 Å². The summed E-state index contributed by atoms with van der Waals surface area (Å²) >= 11 is 1.29. The molecule has 0 radical (unpaired) electrons. The quantitative estimate of drug-likeness (QED) is 0.319. The smallest absolute Gasteiger partial charge is 0.291 e. The van der Waals surface area contributed by atoms with E-state index < -0.39 is 0 Å². The van der Waals surface area contributed by atoms with Crippen molar-refractivity contribution in [1.82, 2.24) is 19.9 Å². The molecule has 0 aliphatic rings. The Morgan fingerprint density at radius 2 is 1.78 bits per heavy atom. The summed E-state index contributed by atoms with van der Waals surface area (Å²) in [5, 5.41) is 8.20. The fraction of sp³-hybridized carbons (Fsp3) is 0.370. The van der Waals surface area contributed by atoms with E-state index in [2.05, 4.69) is 35.3 Å². The molecule has 196 valence electrons. The lowest BCUT2D eigenvalue weighted by molar-refractivity contribution is 0.324. The number of nitrogens with zero attached hydrogens (tertiary/aromatic N) is 3. The van der Waals surface area contributed by atoms with Gasteiger partial charge in [0.25, 0.3) is 5.56 Å². The SMILES string of the molecule is CCC(C)NC(Cc1nc2s/c(=C\c3cc(OC)c(OC)c(OC)c3)c(=O)n2n1)c1cccc(OC)c1. The average Bonchev–Trinajstić information content (AvgIpc) is 3.44. The third-order valence-corrected chi connectivity index (χ3v) is 7.15. The summed E-state index contributed by atoms with van der Waals surface area (Å²) in [4.78, 5) is 18.4. The van der Waals surface area contributed by atoms with Crippen molar-refractivity contribution in [3.63, 3.8) is 0 Å². The number of thiazole rings is 1. The lowest BCUT2D eigenvalue weighted by Crippen LogP contribution is -2.31. The predicted octanol–water partition coefficient (Wildman–Crippen LogP) is 3.41. The Hall–Kier alpha value is -3.63. The summed E-state index contributed by atoms with van der Waals surface area (Å²) in [6, 6.07) is 11.8. The van der Waals surface area contributed by atoms with E-state index in [0.717, 1.165) is 23.3 Å². The zero-order valence-corrected chi connectivity index (χ0v) is 22.7. The molecule has 0 aliphatic heterocycles. The first-order valence-corrected chi connectivity index (χ1v) is 12.8.